The Labute approximate surface area is 200 Å². The summed E-state index contributed by atoms with van der Waals surface area (Å²) in [5.41, 5.74) is 0.840. The molecule has 0 radical (unpaired) electrons. The van der Waals surface area contributed by atoms with E-state index < -0.39 is 0 Å². The van der Waals surface area contributed by atoms with Crippen molar-refractivity contribution in [1.29, 1.82) is 0 Å². The number of amides is 2. The number of para-hydroxylation sites is 1. The third kappa shape index (κ3) is 5.65. The fourth-order valence-electron chi connectivity index (χ4n) is 5.12. The van der Waals surface area contributed by atoms with Gasteiger partial charge >= 0.3 is 6.03 Å². The maximum Gasteiger partial charge on any atom is 0.319 e. The lowest BCUT2D eigenvalue weighted by molar-refractivity contribution is 0.208. The Morgan fingerprint density at radius 3 is 2.45 bits per heavy atom. The molecule has 33 heavy (non-hydrogen) atoms. The minimum absolute atomic E-state index is 0.0876. The smallest absolute Gasteiger partial charge is 0.319 e. The van der Waals surface area contributed by atoms with E-state index in [1.54, 1.807) is 11.5 Å². The zero-order valence-electron chi connectivity index (χ0n) is 19.1. The summed E-state index contributed by atoms with van der Waals surface area (Å²) in [5.74, 6) is 1.94. The maximum atomic E-state index is 12.2. The summed E-state index contributed by atoms with van der Waals surface area (Å²) in [4.78, 5) is 17.3. The second kappa shape index (κ2) is 10.5. The first-order valence-corrected chi connectivity index (χ1v) is 13.0. The Kier molecular flexibility index (Phi) is 7.07. The second-order valence-corrected chi connectivity index (χ2v) is 10.1. The van der Waals surface area contributed by atoms with Crippen molar-refractivity contribution in [2.75, 3.05) is 42.9 Å². The van der Waals surface area contributed by atoms with Gasteiger partial charge in [-0.15, -0.1) is 0 Å². The zero-order valence-corrected chi connectivity index (χ0v) is 19.9. The summed E-state index contributed by atoms with van der Waals surface area (Å²) in [5, 5.41) is 7.37. The number of hydrogen-bond donors (Lipinski definition) is 2. The van der Waals surface area contributed by atoms with Crippen LogP contribution in [0.1, 0.15) is 32.1 Å². The lowest BCUT2D eigenvalue weighted by Gasteiger charge is -2.36. The Hall–Kier alpha value is -2.64. The molecule has 2 N–H and O–H groups in total. The van der Waals surface area contributed by atoms with E-state index in [1.807, 2.05) is 30.3 Å². The van der Waals surface area contributed by atoms with Crippen LogP contribution in [-0.4, -0.2) is 54.1 Å². The van der Waals surface area contributed by atoms with Gasteiger partial charge < -0.3 is 15.5 Å². The molecule has 7 heteroatoms. The number of hydrogen-bond acceptors (Lipinski definition) is 5. The minimum atomic E-state index is -0.0876. The first-order valence-electron chi connectivity index (χ1n) is 12.2. The maximum absolute atomic E-state index is 12.2. The summed E-state index contributed by atoms with van der Waals surface area (Å²) in [6.45, 7) is 5.52. The van der Waals surface area contributed by atoms with Crippen LogP contribution in [-0.2, 0) is 0 Å². The Morgan fingerprint density at radius 2 is 1.67 bits per heavy atom. The van der Waals surface area contributed by atoms with Crippen LogP contribution in [0.5, 0.6) is 0 Å². The summed E-state index contributed by atoms with van der Waals surface area (Å²) in [6.07, 6.45) is 5.85. The molecule has 2 aliphatic rings. The molecule has 2 fully saturated rings. The van der Waals surface area contributed by atoms with Crippen LogP contribution in [0.2, 0.25) is 0 Å². The topological polar surface area (TPSA) is 60.5 Å². The number of carbonyl (C=O) groups excluding carboxylic acids is 1. The molecule has 1 saturated carbocycles. The molecule has 3 aromatic rings. The molecule has 5 rings (SSSR count). The van der Waals surface area contributed by atoms with Crippen molar-refractivity contribution in [2.45, 2.75) is 38.1 Å². The van der Waals surface area contributed by atoms with Crippen molar-refractivity contribution in [3.8, 4) is 0 Å². The first kappa shape index (κ1) is 22.2. The van der Waals surface area contributed by atoms with E-state index in [4.69, 9.17) is 4.37 Å². The van der Waals surface area contributed by atoms with Gasteiger partial charge in [-0.1, -0.05) is 30.3 Å². The quantitative estimate of drug-likeness (QED) is 0.528. The fourth-order valence-corrected chi connectivity index (χ4v) is 5.91. The number of urea groups is 1. The highest BCUT2D eigenvalue weighted by Gasteiger charge is 2.25. The molecule has 6 nitrogen and oxygen atoms in total. The molecular formula is C26H33N5OS. The number of fused-ring (bicyclic) bond motifs is 1. The van der Waals surface area contributed by atoms with Crippen LogP contribution in [0.15, 0.2) is 54.6 Å². The normalized spacial score (nSPS) is 21.8. The van der Waals surface area contributed by atoms with E-state index in [9.17, 15) is 4.79 Å². The predicted molar refractivity (Wildman–Crippen MR) is 137 cm³/mol. The van der Waals surface area contributed by atoms with Crippen LogP contribution in [0, 0.1) is 5.92 Å². The molecule has 0 spiro atoms. The number of piperazine rings is 1. The molecule has 174 valence electrons. The van der Waals surface area contributed by atoms with Gasteiger partial charge in [-0.05, 0) is 80.4 Å². The third-order valence-electron chi connectivity index (χ3n) is 7.10. The van der Waals surface area contributed by atoms with Gasteiger partial charge in [-0.25, -0.2) is 4.79 Å². The summed E-state index contributed by atoms with van der Waals surface area (Å²) in [7, 11) is 0. The van der Waals surface area contributed by atoms with Gasteiger partial charge in [0, 0.05) is 43.3 Å². The number of nitrogens with one attached hydrogen (secondary N) is 2. The third-order valence-corrected chi connectivity index (χ3v) is 7.91. The summed E-state index contributed by atoms with van der Waals surface area (Å²) < 4.78 is 6.00. The molecule has 1 saturated heterocycles. The lowest BCUT2D eigenvalue weighted by Crippen LogP contribution is -2.47. The molecule has 1 aliphatic carbocycles. The van der Waals surface area contributed by atoms with Crippen LogP contribution in [0.4, 0.5) is 16.3 Å². The largest absolute Gasteiger partial charge is 0.353 e. The van der Waals surface area contributed by atoms with Gasteiger partial charge in [-0.2, -0.15) is 4.37 Å². The Bertz CT molecular complexity index is 1040. The van der Waals surface area contributed by atoms with E-state index >= 15 is 0 Å². The van der Waals surface area contributed by atoms with Crippen molar-refractivity contribution in [2.24, 2.45) is 5.92 Å². The molecule has 1 aliphatic heterocycles. The van der Waals surface area contributed by atoms with Gasteiger partial charge in [0.05, 0.1) is 4.70 Å². The molecule has 1 aromatic heterocycles. The van der Waals surface area contributed by atoms with E-state index in [1.165, 1.54) is 35.9 Å². The van der Waals surface area contributed by atoms with Crippen LogP contribution in [0.3, 0.4) is 0 Å². The number of aromatic nitrogens is 1. The van der Waals surface area contributed by atoms with Crippen molar-refractivity contribution >= 4 is 39.2 Å². The highest BCUT2D eigenvalue weighted by atomic mass is 32.1. The number of carbonyl (C=O) groups is 1. The van der Waals surface area contributed by atoms with Crippen LogP contribution in [0.25, 0.3) is 10.1 Å². The standard InChI is InChI=1S/C26H33N5OS/c32-26(27-21-6-2-1-3-7-21)28-22-12-10-20(11-13-22)14-15-30-16-18-31(19-17-30)25-23-8-4-5-9-24(23)33-29-25/h1-9,20,22H,10-19H2,(H2,27,28,32). The molecule has 0 bridgehead atoms. The Balaban J connectivity index is 1.00. The average molecular weight is 464 g/mol. The van der Waals surface area contributed by atoms with Crippen molar-refractivity contribution in [3.63, 3.8) is 0 Å². The lowest BCUT2D eigenvalue weighted by atomic mass is 9.84. The fraction of sp³-hybridized carbons (Fsp3) is 0.462. The Morgan fingerprint density at radius 1 is 0.939 bits per heavy atom. The van der Waals surface area contributed by atoms with Crippen molar-refractivity contribution in [1.82, 2.24) is 14.6 Å². The zero-order chi connectivity index (χ0) is 22.5. The van der Waals surface area contributed by atoms with Crippen molar-refractivity contribution < 1.29 is 4.79 Å². The average Bonchev–Trinajstić information content (AvgIpc) is 3.29. The second-order valence-electron chi connectivity index (χ2n) is 9.30. The molecule has 2 aromatic carbocycles. The number of nitrogens with zero attached hydrogens (tertiary/aromatic N) is 3. The summed E-state index contributed by atoms with van der Waals surface area (Å²) >= 11 is 1.61. The number of anilines is 2. The van der Waals surface area contributed by atoms with Gasteiger partial charge in [0.1, 0.15) is 5.82 Å². The van der Waals surface area contributed by atoms with Crippen LogP contribution >= 0.6 is 11.5 Å². The van der Waals surface area contributed by atoms with E-state index in [0.717, 1.165) is 56.4 Å². The molecule has 2 amide bonds. The van der Waals surface area contributed by atoms with E-state index in [0.29, 0.717) is 6.04 Å². The van der Waals surface area contributed by atoms with Gasteiger partial charge in [-0.3, -0.25) is 4.90 Å². The van der Waals surface area contributed by atoms with Crippen molar-refractivity contribution in [3.05, 3.63) is 54.6 Å². The highest BCUT2D eigenvalue weighted by molar-refractivity contribution is 7.13. The number of rotatable bonds is 6. The number of benzene rings is 2. The minimum Gasteiger partial charge on any atom is -0.353 e. The first-order chi connectivity index (χ1) is 16.2. The van der Waals surface area contributed by atoms with Crippen LogP contribution < -0.4 is 15.5 Å². The summed E-state index contributed by atoms with van der Waals surface area (Å²) in [6, 6.07) is 18.4. The van der Waals surface area contributed by atoms with Gasteiger partial charge in [0.2, 0.25) is 0 Å². The molecule has 2 heterocycles. The van der Waals surface area contributed by atoms with Gasteiger partial charge in [0.25, 0.3) is 0 Å². The molecule has 0 unspecified atom stereocenters. The monoisotopic (exact) mass is 463 g/mol. The molecular weight excluding hydrogens is 430 g/mol. The van der Waals surface area contributed by atoms with E-state index in [2.05, 4.69) is 44.7 Å². The highest BCUT2D eigenvalue weighted by Crippen LogP contribution is 2.30. The van der Waals surface area contributed by atoms with Gasteiger partial charge in [0.15, 0.2) is 0 Å². The van der Waals surface area contributed by atoms with E-state index in [-0.39, 0.29) is 6.03 Å². The molecule has 0 atom stereocenters. The SMILES string of the molecule is O=C(Nc1ccccc1)NC1CCC(CCN2CCN(c3nsc4ccccc34)CC2)CC1. The predicted octanol–water partition coefficient (Wildman–Crippen LogP) is 5.19.